The van der Waals surface area contributed by atoms with E-state index in [1.807, 2.05) is 0 Å². The minimum absolute atomic E-state index is 0.143. The summed E-state index contributed by atoms with van der Waals surface area (Å²) in [4.78, 5) is 37.2. The molecule has 0 aliphatic carbocycles. The van der Waals surface area contributed by atoms with Gasteiger partial charge in [-0.2, -0.15) is 0 Å². The molecule has 0 bridgehead atoms. The van der Waals surface area contributed by atoms with Crippen molar-refractivity contribution in [1.29, 1.82) is 0 Å². The third-order valence-corrected chi connectivity index (χ3v) is 3.99. The smallest absolute Gasteiger partial charge is 0.337 e. The van der Waals surface area contributed by atoms with Gasteiger partial charge in [-0.15, -0.1) is 0 Å². The number of rotatable bonds is 4. The average molecular weight is 375 g/mol. The standard InChI is InChI=1S/C18H15ClN2O5/c1-25-18(24)11-2-5-13(6-3-11)20-16(22)9-21-14-8-12(19)4-7-15(14)26-10-17(21)23/h2-8H,9-10H2,1H3,(H,20,22). The number of hydrogen-bond acceptors (Lipinski definition) is 5. The largest absolute Gasteiger partial charge is 0.482 e. The summed E-state index contributed by atoms with van der Waals surface area (Å²) in [5.74, 6) is -0.701. The number of benzene rings is 2. The predicted molar refractivity (Wildman–Crippen MR) is 95.7 cm³/mol. The molecule has 3 rings (SSSR count). The van der Waals surface area contributed by atoms with Crippen LogP contribution in [0.5, 0.6) is 5.75 Å². The molecule has 8 heteroatoms. The quantitative estimate of drug-likeness (QED) is 0.831. The maximum atomic E-state index is 12.3. The van der Waals surface area contributed by atoms with Crippen LogP contribution in [0.25, 0.3) is 0 Å². The van der Waals surface area contributed by atoms with Crippen molar-refractivity contribution < 1.29 is 23.9 Å². The summed E-state index contributed by atoms with van der Waals surface area (Å²) < 4.78 is 9.96. The van der Waals surface area contributed by atoms with E-state index in [0.29, 0.717) is 27.7 Å². The van der Waals surface area contributed by atoms with Gasteiger partial charge in [0.05, 0.1) is 18.4 Å². The number of carbonyl (C=O) groups excluding carboxylic acids is 3. The molecule has 26 heavy (non-hydrogen) atoms. The number of fused-ring (bicyclic) bond motifs is 1. The van der Waals surface area contributed by atoms with Gasteiger partial charge in [0.1, 0.15) is 12.3 Å². The minimum Gasteiger partial charge on any atom is -0.482 e. The maximum Gasteiger partial charge on any atom is 0.337 e. The second kappa shape index (κ2) is 7.45. The summed E-state index contributed by atoms with van der Waals surface area (Å²) in [6.07, 6.45) is 0. The fourth-order valence-corrected chi connectivity index (χ4v) is 2.67. The number of nitrogens with one attached hydrogen (secondary N) is 1. The molecule has 1 N–H and O–H groups in total. The Labute approximate surface area is 154 Å². The molecule has 0 fully saturated rings. The molecule has 0 radical (unpaired) electrons. The van der Waals surface area contributed by atoms with E-state index in [2.05, 4.69) is 10.1 Å². The molecule has 1 heterocycles. The second-order valence-corrected chi connectivity index (χ2v) is 5.93. The van der Waals surface area contributed by atoms with Crippen molar-refractivity contribution in [3.8, 4) is 5.75 Å². The van der Waals surface area contributed by atoms with Crippen molar-refractivity contribution in [3.05, 3.63) is 53.1 Å². The summed E-state index contributed by atoms with van der Waals surface area (Å²) in [5.41, 5.74) is 1.32. The van der Waals surface area contributed by atoms with E-state index in [-0.39, 0.29) is 19.1 Å². The monoisotopic (exact) mass is 374 g/mol. The molecule has 7 nitrogen and oxygen atoms in total. The van der Waals surface area contributed by atoms with Gasteiger partial charge in [0.2, 0.25) is 5.91 Å². The van der Waals surface area contributed by atoms with Crippen LogP contribution in [0.15, 0.2) is 42.5 Å². The van der Waals surface area contributed by atoms with Crippen molar-refractivity contribution in [2.75, 3.05) is 30.5 Å². The minimum atomic E-state index is -0.463. The van der Waals surface area contributed by atoms with Crippen LogP contribution in [-0.2, 0) is 14.3 Å². The van der Waals surface area contributed by atoms with Crippen LogP contribution in [0.1, 0.15) is 10.4 Å². The van der Waals surface area contributed by atoms with Crippen LogP contribution in [0.4, 0.5) is 11.4 Å². The second-order valence-electron chi connectivity index (χ2n) is 5.50. The summed E-state index contributed by atoms with van der Waals surface area (Å²) in [6.45, 7) is -0.329. The number of anilines is 2. The molecule has 1 aliphatic rings. The third kappa shape index (κ3) is 3.78. The molecule has 1 aliphatic heterocycles. The van der Waals surface area contributed by atoms with Gasteiger partial charge < -0.3 is 14.8 Å². The molecule has 2 amide bonds. The van der Waals surface area contributed by atoms with Gasteiger partial charge in [-0.05, 0) is 42.5 Å². The lowest BCUT2D eigenvalue weighted by molar-refractivity contribution is -0.123. The van der Waals surface area contributed by atoms with E-state index >= 15 is 0 Å². The van der Waals surface area contributed by atoms with Gasteiger partial charge in [-0.1, -0.05) is 11.6 Å². The molecule has 0 unspecified atom stereocenters. The number of hydrogen-bond donors (Lipinski definition) is 1. The van der Waals surface area contributed by atoms with Gasteiger partial charge in [-0.25, -0.2) is 4.79 Å². The van der Waals surface area contributed by atoms with E-state index in [1.54, 1.807) is 30.3 Å². The molecular formula is C18H15ClN2O5. The number of carbonyl (C=O) groups is 3. The van der Waals surface area contributed by atoms with Gasteiger partial charge in [0.25, 0.3) is 5.91 Å². The molecule has 2 aromatic rings. The zero-order chi connectivity index (χ0) is 18.7. The van der Waals surface area contributed by atoms with E-state index in [0.717, 1.165) is 0 Å². The summed E-state index contributed by atoms with van der Waals surface area (Å²) in [6, 6.07) is 11.1. The Morgan fingerprint density at radius 3 is 2.65 bits per heavy atom. The fourth-order valence-electron chi connectivity index (χ4n) is 2.50. The van der Waals surface area contributed by atoms with E-state index < -0.39 is 11.9 Å². The Morgan fingerprint density at radius 2 is 1.96 bits per heavy atom. The Balaban J connectivity index is 1.71. The first-order valence-electron chi connectivity index (χ1n) is 7.69. The number of esters is 1. The highest BCUT2D eigenvalue weighted by Crippen LogP contribution is 2.34. The van der Waals surface area contributed by atoms with E-state index in [1.165, 1.54) is 24.1 Å². The van der Waals surface area contributed by atoms with Crippen LogP contribution < -0.4 is 15.0 Å². The Morgan fingerprint density at radius 1 is 1.23 bits per heavy atom. The van der Waals surface area contributed by atoms with Crippen molar-refractivity contribution >= 4 is 40.8 Å². The Hall–Kier alpha value is -3.06. The molecule has 0 saturated carbocycles. The molecule has 0 saturated heterocycles. The fraction of sp³-hybridized carbons (Fsp3) is 0.167. The van der Waals surface area contributed by atoms with Gasteiger partial charge >= 0.3 is 5.97 Å². The number of amides is 2. The lowest BCUT2D eigenvalue weighted by Gasteiger charge is -2.29. The number of halogens is 1. The number of nitrogens with zero attached hydrogens (tertiary/aromatic N) is 1. The zero-order valence-corrected chi connectivity index (χ0v) is 14.6. The highest BCUT2D eigenvalue weighted by atomic mass is 35.5. The average Bonchev–Trinajstić information content (AvgIpc) is 2.64. The lowest BCUT2D eigenvalue weighted by Crippen LogP contribution is -2.43. The molecule has 0 atom stereocenters. The SMILES string of the molecule is COC(=O)c1ccc(NC(=O)CN2C(=O)COc3ccc(Cl)cc32)cc1. The van der Waals surface area contributed by atoms with Crippen LogP contribution in [0.3, 0.4) is 0 Å². The first-order valence-corrected chi connectivity index (χ1v) is 8.06. The van der Waals surface area contributed by atoms with Gasteiger partial charge in [-0.3, -0.25) is 14.5 Å². The lowest BCUT2D eigenvalue weighted by atomic mass is 10.2. The number of ether oxygens (including phenoxy) is 2. The normalized spacial score (nSPS) is 12.8. The van der Waals surface area contributed by atoms with Crippen LogP contribution in [0, 0.1) is 0 Å². The van der Waals surface area contributed by atoms with Gasteiger partial charge in [0, 0.05) is 10.7 Å². The topological polar surface area (TPSA) is 84.9 Å². The molecule has 0 aromatic heterocycles. The summed E-state index contributed by atoms with van der Waals surface area (Å²) in [5, 5.41) is 3.12. The molecule has 0 spiro atoms. The third-order valence-electron chi connectivity index (χ3n) is 3.76. The van der Waals surface area contributed by atoms with E-state index in [4.69, 9.17) is 16.3 Å². The molecule has 2 aromatic carbocycles. The highest BCUT2D eigenvalue weighted by Gasteiger charge is 2.27. The summed E-state index contributed by atoms with van der Waals surface area (Å²) >= 11 is 5.98. The van der Waals surface area contributed by atoms with Crippen molar-refractivity contribution in [2.45, 2.75) is 0 Å². The summed E-state index contributed by atoms with van der Waals surface area (Å²) in [7, 11) is 1.29. The zero-order valence-electron chi connectivity index (χ0n) is 13.8. The van der Waals surface area contributed by atoms with Crippen LogP contribution in [0.2, 0.25) is 5.02 Å². The molecule has 134 valence electrons. The highest BCUT2D eigenvalue weighted by molar-refractivity contribution is 6.31. The first-order chi connectivity index (χ1) is 12.5. The van der Waals surface area contributed by atoms with Crippen LogP contribution in [-0.4, -0.2) is 38.0 Å². The first kappa shape index (κ1) is 17.8. The Bertz CT molecular complexity index is 866. The molecular weight excluding hydrogens is 360 g/mol. The predicted octanol–water partition coefficient (Wildman–Crippen LogP) is 2.49. The number of methoxy groups -OCH3 is 1. The maximum absolute atomic E-state index is 12.3. The van der Waals surface area contributed by atoms with Crippen LogP contribution >= 0.6 is 11.6 Å². The van der Waals surface area contributed by atoms with Crippen molar-refractivity contribution in [3.63, 3.8) is 0 Å². The van der Waals surface area contributed by atoms with Crippen molar-refractivity contribution in [1.82, 2.24) is 0 Å². The van der Waals surface area contributed by atoms with Crippen molar-refractivity contribution in [2.24, 2.45) is 0 Å². The van der Waals surface area contributed by atoms with Gasteiger partial charge in [0.15, 0.2) is 6.61 Å². The Kier molecular flexibility index (Phi) is 5.09. The van der Waals surface area contributed by atoms with E-state index in [9.17, 15) is 14.4 Å².